The van der Waals surface area contributed by atoms with E-state index in [2.05, 4.69) is 5.73 Å². The Morgan fingerprint density at radius 3 is 2.27 bits per heavy atom. The summed E-state index contributed by atoms with van der Waals surface area (Å²) in [5.74, 6) is 1.47. The average Bonchev–Trinajstić information content (AvgIpc) is 2.68. The minimum absolute atomic E-state index is 0.406. The number of carbonyl (C=O) groups excluding carboxylic acids is 1. The summed E-state index contributed by atoms with van der Waals surface area (Å²) in [4.78, 5) is 12.1. The van der Waals surface area contributed by atoms with Crippen molar-refractivity contribution in [2.75, 3.05) is 7.11 Å². The number of hydrogen-bond acceptors (Lipinski definition) is 4. The van der Waals surface area contributed by atoms with Crippen molar-refractivity contribution in [1.82, 2.24) is 0 Å². The third-order valence-corrected chi connectivity index (χ3v) is 3.81. The van der Waals surface area contributed by atoms with E-state index in [4.69, 9.17) is 14.2 Å². The zero-order valence-corrected chi connectivity index (χ0v) is 14.5. The van der Waals surface area contributed by atoms with Gasteiger partial charge in [0.05, 0.1) is 12.7 Å². The highest BCUT2D eigenvalue weighted by molar-refractivity contribution is 5.91. The Balaban J connectivity index is 1.62. The van der Waals surface area contributed by atoms with E-state index >= 15 is 0 Å². The smallest absolute Gasteiger partial charge is 0.343 e. The fourth-order valence-electron chi connectivity index (χ4n) is 2.38. The summed E-state index contributed by atoms with van der Waals surface area (Å²) in [6.07, 6.45) is 0. The maximum atomic E-state index is 12.1. The van der Waals surface area contributed by atoms with Gasteiger partial charge in [-0.25, -0.2) is 4.79 Å². The molecule has 5 heteroatoms. The predicted octanol–water partition coefficient (Wildman–Crippen LogP) is 3.37. The van der Waals surface area contributed by atoms with Crippen molar-refractivity contribution in [3.8, 4) is 17.2 Å². The Hall–Kier alpha value is -3.31. The van der Waals surface area contributed by atoms with Crippen LogP contribution in [0.1, 0.15) is 15.9 Å². The molecule has 5 nitrogen and oxygen atoms in total. The number of quaternary nitrogens is 1. The summed E-state index contributed by atoms with van der Waals surface area (Å²) in [7, 11) is 1.63. The Labute approximate surface area is 151 Å². The van der Waals surface area contributed by atoms with E-state index in [0.717, 1.165) is 11.3 Å². The Kier molecular flexibility index (Phi) is 5.51. The first-order valence-electron chi connectivity index (χ1n) is 8.14. The van der Waals surface area contributed by atoms with Crippen LogP contribution in [0.5, 0.6) is 17.2 Å². The number of esters is 1. The van der Waals surface area contributed by atoms with Crippen molar-refractivity contribution in [2.24, 2.45) is 0 Å². The third kappa shape index (κ3) is 4.40. The van der Waals surface area contributed by atoms with Crippen LogP contribution in [0.4, 0.5) is 5.69 Å². The van der Waals surface area contributed by atoms with Gasteiger partial charge in [-0.3, -0.25) is 0 Å². The molecule has 3 aromatic carbocycles. The molecule has 0 spiro atoms. The largest absolute Gasteiger partial charge is 0.497 e. The molecule has 26 heavy (non-hydrogen) atoms. The highest BCUT2D eigenvalue weighted by Crippen LogP contribution is 2.26. The van der Waals surface area contributed by atoms with Crippen LogP contribution in [0, 0.1) is 0 Å². The van der Waals surface area contributed by atoms with Crippen LogP contribution in [0.3, 0.4) is 0 Å². The highest BCUT2D eigenvalue weighted by atomic mass is 16.5. The van der Waals surface area contributed by atoms with Gasteiger partial charge in [-0.15, -0.1) is 0 Å². The minimum atomic E-state index is -0.406. The molecule has 0 aliphatic carbocycles. The van der Waals surface area contributed by atoms with Crippen LogP contribution in [0.25, 0.3) is 0 Å². The number of rotatable bonds is 6. The quantitative estimate of drug-likeness (QED) is 0.546. The lowest BCUT2D eigenvalue weighted by Gasteiger charge is -2.09. The van der Waals surface area contributed by atoms with Gasteiger partial charge in [-0.1, -0.05) is 30.3 Å². The summed E-state index contributed by atoms with van der Waals surface area (Å²) in [5.41, 5.74) is 6.13. The molecule has 3 aromatic rings. The second-order valence-corrected chi connectivity index (χ2v) is 5.66. The van der Waals surface area contributed by atoms with Gasteiger partial charge in [0.1, 0.15) is 18.1 Å². The summed E-state index contributed by atoms with van der Waals surface area (Å²) in [5, 5.41) is 0. The van der Waals surface area contributed by atoms with Gasteiger partial charge in [0.25, 0.3) is 0 Å². The van der Waals surface area contributed by atoms with E-state index < -0.39 is 5.97 Å². The molecule has 0 unspecified atom stereocenters. The van der Waals surface area contributed by atoms with E-state index in [1.807, 2.05) is 30.3 Å². The molecule has 3 rings (SSSR count). The van der Waals surface area contributed by atoms with Crippen LogP contribution in [-0.4, -0.2) is 13.1 Å². The number of ether oxygens (including phenoxy) is 3. The molecule has 0 saturated carbocycles. The fourth-order valence-corrected chi connectivity index (χ4v) is 2.38. The zero-order valence-electron chi connectivity index (χ0n) is 14.5. The molecular weight excluding hydrogens is 330 g/mol. The van der Waals surface area contributed by atoms with Crippen LogP contribution >= 0.6 is 0 Å². The highest BCUT2D eigenvalue weighted by Gasteiger charge is 2.11. The first kappa shape index (κ1) is 17.5. The van der Waals surface area contributed by atoms with Crippen molar-refractivity contribution in [2.45, 2.75) is 6.61 Å². The average molecular weight is 350 g/mol. The SMILES string of the molecule is COc1ccc(COc2ccc(OC(=O)c3ccccc3)cc2[NH3+])cc1. The molecule has 3 N–H and O–H groups in total. The monoisotopic (exact) mass is 350 g/mol. The number of hydrogen-bond donors (Lipinski definition) is 1. The molecule has 0 bridgehead atoms. The predicted molar refractivity (Wildman–Crippen MR) is 97.7 cm³/mol. The number of carbonyl (C=O) groups is 1. The lowest BCUT2D eigenvalue weighted by molar-refractivity contribution is -0.256. The molecule has 0 fully saturated rings. The van der Waals surface area contributed by atoms with Gasteiger partial charge in [-0.05, 0) is 42.0 Å². The van der Waals surface area contributed by atoms with Gasteiger partial charge in [0.2, 0.25) is 0 Å². The van der Waals surface area contributed by atoms with Crippen LogP contribution in [0.15, 0.2) is 72.8 Å². The summed E-state index contributed by atoms with van der Waals surface area (Å²) >= 11 is 0. The van der Waals surface area contributed by atoms with E-state index in [-0.39, 0.29) is 0 Å². The lowest BCUT2D eigenvalue weighted by atomic mass is 10.2. The Morgan fingerprint density at radius 2 is 1.62 bits per heavy atom. The molecule has 0 aliphatic rings. The summed E-state index contributed by atoms with van der Waals surface area (Å²) < 4.78 is 16.3. The zero-order chi connectivity index (χ0) is 18.4. The van der Waals surface area contributed by atoms with Gasteiger partial charge in [-0.2, -0.15) is 0 Å². The topological polar surface area (TPSA) is 72.4 Å². The van der Waals surface area contributed by atoms with Crippen molar-refractivity contribution in [1.29, 1.82) is 0 Å². The minimum Gasteiger partial charge on any atom is -0.497 e. The van der Waals surface area contributed by atoms with Gasteiger partial charge in [0.15, 0.2) is 11.4 Å². The molecule has 0 saturated heterocycles. The molecule has 0 aliphatic heterocycles. The van der Waals surface area contributed by atoms with E-state index in [0.29, 0.717) is 29.4 Å². The van der Waals surface area contributed by atoms with E-state index in [9.17, 15) is 4.79 Å². The van der Waals surface area contributed by atoms with Crippen LogP contribution in [0.2, 0.25) is 0 Å². The van der Waals surface area contributed by atoms with Gasteiger partial charge in [0, 0.05) is 6.07 Å². The Morgan fingerprint density at radius 1 is 0.923 bits per heavy atom. The third-order valence-electron chi connectivity index (χ3n) is 3.81. The Bertz CT molecular complexity index is 876. The molecule has 0 amide bonds. The molecule has 0 atom stereocenters. The second-order valence-electron chi connectivity index (χ2n) is 5.66. The lowest BCUT2D eigenvalue weighted by Crippen LogP contribution is -2.40. The van der Waals surface area contributed by atoms with E-state index in [1.165, 1.54) is 0 Å². The number of benzene rings is 3. The number of methoxy groups -OCH3 is 1. The van der Waals surface area contributed by atoms with Crippen molar-refractivity contribution in [3.63, 3.8) is 0 Å². The normalized spacial score (nSPS) is 10.2. The van der Waals surface area contributed by atoms with Crippen LogP contribution < -0.4 is 19.9 Å². The van der Waals surface area contributed by atoms with Crippen LogP contribution in [-0.2, 0) is 6.61 Å². The molecular formula is C21H20NO4+. The molecule has 0 aromatic heterocycles. The molecule has 132 valence electrons. The van der Waals surface area contributed by atoms with Crippen molar-refractivity contribution < 1.29 is 24.7 Å². The van der Waals surface area contributed by atoms with Crippen molar-refractivity contribution in [3.05, 3.63) is 83.9 Å². The van der Waals surface area contributed by atoms with Crippen molar-refractivity contribution >= 4 is 11.7 Å². The summed E-state index contributed by atoms with van der Waals surface area (Å²) in [6, 6.07) is 21.6. The standard InChI is InChI=1S/C21H19NO4/c1-24-17-9-7-15(8-10-17)14-25-20-12-11-18(13-19(20)22)26-21(23)16-5-3-2-4-6-16/h2-13H,14,22H2,1H3/p+1. The summed E-state index contributed by atoms with van der Waals surface area (Å²) in [6.45, 7) is 0.412. The first-order chi connectivity index (χ1) is 12.7. The van der Waals surface area contributed by atoms with Gasteiger partial charge < -0.3 is 19.9 Å². The maximum absolute atomic E-state index is 12.1. The van der Waals surface area contributed by atoms with Gasteiger partial charge >= 0.3 is 5.97 Å². The maximum Gasteiger partial charge on any atom is 0.343 e. The first-order valence-corrected chi connectivity index (χ1v) is 8.14. The van der Waals surface area contributed by atoms with E-state index in [1.54, 1.807) is 49.6 Å². The second kappa shape index (κ2) is 8.18. The molecule has 0 radical (unpaired) electrons. The fraction of sp³-hybridized carbons (Fsp3) is 0.0952. The molecule has 0 heterocycles.